The molecule has 0 spiro atoms. The first-order chi connectivity index (χ1) is 26.2. The minimum Gasteiger partial charge on any atom is -0.444 e. The molecule has 15 heteroatoms. The fourth-order valence-electron chi connectivity index (χ4n) is 7.83. The zero-order valence-electron chi connectivity index (χ0n) is 32.9. The monoisotopic (exact) mass is 765 g/mol. The van der Waals surface area contributed by atoms with Crippen LogP contribution in [0.3, 0.4) is 0 Å². The Labute approximate surface area is 323 Å². The predicted molar refractivity (Wildman–Crippen MR) is 203 cm³/mol. The average Bonchev–Trinajstić information content (AvgIpc) is 3.89. The van der Waals surface area contributed by atoms with Crippen LogP contribution in [-0.4, -0.2) is 108 Å². The number of likely N-dealkylation sites (N-methyl/N-ethyl adjacent to an activating group) is 1. The fraction of sp³-hybridized carbons (Fsp3) is 0.675. The molecule has 5 atom stereocenters. The highest BCUT2D eigenvalue weighted by atomic mass is 16.6. The number of Topliss-reactive ketones (excluding diaryl/α,β-unsaturated/α-hetero) is 1. The summed E-state index contributed by atoms with van der Waals surface area (Å²) < 4.78 is 5.92. The molecule has 55 heavy (non-hydrogen) atoms. The van der Waals surface area contributed by atoms with E-state index in [-0.39, 0.29) is 37.3 Å². The third-order valence-electron chi connectivity index (χ3n) is 11.2. The van der Waals surface area contributed by atoms with Gasteiger partial charge in [0.1, 0.15) is 24.2 Å². The molecule has 2 saturated carbocycles. The number of amides is 7. The molecule has 1 aromatic rings. The molecule has 7 amide bonds. The Bertz CT molecular complexity index is 1600. The Morgan fingerprint density at radius 1 is 0.891 bits per heavy atom. The molecule has 1 saturated heterocycles. The summed E-state index contributed by atoms with van der Waals surface area (Å²) in [5.74, 6) is -3.08. The maximum Gasteiger partial charge on any atom is 0.410 e. The van der Waals surface area contributed by atoms with E-state index in [0.717, 1.165) is 56.1 Å². The summed E-state index contributed by atoms with van der Waals surface area (Å²) in [6, 6.07) is 2.84. The van der Waals surface area contributed by atoms with Crippen molar-refractivity contribution in [1.82, 2.24) is 36.4 Å². The summed E-state index contributed by atoms with van der Waals surface area (Å²) in [5.41, 5.74) is 1.36. The topological polar surface area (TPSA) is 195 Å². The van der Waals surface area contributed by atoms with Gasteiger partial charge in [0.05, 0.1) is 12.6 Å². The summed E-state index contributed by atoms with van der Waals surface area (Å²) in [7, 11) is 1.53. The molecule has 2 heterocycles. The highest BCUT2D eigenvalue weighted by Crippen LogP contribution is 2.29. The Morgan fingerprint density at radius 2 is 1.58 bits per heavy atom. The molecule has 5 rings (SSSR count). The van der Waals surface area contributed by atoms with Crippen LogP contribution in [0.25, 0.3) is 0 Å². The standard InChI is InChI=1S/C40H59N7O8/c1-6-12-29(32(48)36(51)42-27-17-18-27)43-38(53)47-23-28(55-39(54)46-20-19-24-13-10-11-16-26(24)22-46)21-30(47)34(49)45-33(40(2,3)4)37(52)44-31(35(50)41-5)25-14-8-7-9-15-25/h10-11,13,16,25,27-31,33H,6-9,12,14-15,17-23H2,1-5H3,(H,41,50)(H,42,51)(H,43,53)(H,44,52)(H,45,49)/t28-,29?,30-,31-,33+/m0/s1. The third-order valence-corrected chi connectivity index (χ3v) is 11.2. The van der Waals surface area contributed by atoms with E-state index < -0.39 is 71.3 Å². The number of hydrogen-bond acceptors (Lipinski definition) is 8. The molecule has 0 radical (unpaired) electrons. The summed E-state index contributed by atoms with van der Waals surface area (Å²) in [5, 5.41) is 13.8. The molecule has 3 fully saturated rings. The lowest BCUT2D eigenvalue weighted by molar-refractivity contribution is -0.139. The molecule has 2 aliphatic carbocycles. The molecule has 1 aromatic carbocycles. The Morgan fingerprint density at radius 3 is 2.22 bits per heavy atom. The van der Waals surface area contributed by atoms with Gasteiger partial charge in [-0.3, -0.25) is 24.0 Å². The minimum absolute atomic E-state index is 0.0445. The number of rotatable bonds is 13. The largest absolute Gasteiger partial charge is 0.444 e. The van der Waals surface area contributed by atoms with E-state index in [0.29, 0.717) is 25.9 Å². The molecular formula is C40H59N7O8. The molecule has 15 nitrogen and oxygen atoms in total. The van der Waals surface area contributed by atoms with E-state index in [1.165, 1.54) is 11.9 Å². The second-order valence-corrected chi connectivity index (χ2v) is 16.6. The number of carbonyl (C=O) groups is 7. The second kappa shape index (κ2) is 18.3. The summed E-state index contributed by atoms with van der Waals surface area (Å²) >= 11 is 0. The van der Waals surface area contributed by atoms with E-state index in [1.807, 2.05) is 31.2 Å². The Kier molecular flexibility index (Phi) is 13.8. The smallest absolute Gasteiger partial charge is 0.410 e. The number of nitrogens with one attached hydrogen (secondary N) is 5. The Hall–Kier alpha value is -4.69. The van der Waals surface area contributed by atoms with Gasteiger partial charge in [0.15, 0.2) is 0 Å². The van der Waals surface area contributed by atoms with Gasteiger partial charge >= 0.3 is 12.1 Å². The zero-order valence-corrected chi connectivity index (χ0v) is 32.9. The molecule has 302 valence electrons. The van der Waals surface area contributed by atoms with Crippen molar-refractivity contribution in [1.29, 1.82) is 0 Å². The van der Waals surface area contributed by atoms with Gasteiger partial charge in [-0.2, -0.15) is 0 Å². The minimum atomic E-state index is -1.19. The number of ketones is 1. The van der Waals surface area contributed by atoms with Gasteiger partial charge in [0.2, 0.25) is 23.5 Å². The molecule has 0 bridgehead atoms. The maximum atomic E-state index is 14.3. The van der Waals surface area contributed by atoms with Crippen LogP contribution in [0.15, 0.2) is 24.3 Å². The van der Waals surface area contributed by atoms with Gasteiger partial charge in [-0.1, -0.05) is 77.6 Å². The molecule has 5 N–H and O–H groups in total. The first-order valence-electron chi connectivity index (χ1n) is 20.0. The molecule has 4 aliphatic rings. The van der Waals surface area contributed by atoms with Crippen LogP contribution in [0.2, 0.25) is 0 Å². The number of fused-ring (bicyclic) bond motifs is 1. The predicted octanol–water partition coefficient (Wildman–Crippen LogP) is 2.69. The van der Waals surface area contributed by atoms with Crippen molar-refractivity contribution in [2.75, 3.05) is 20.1 Å². The van der Waals surface area contributed by atoms with E-state index in [9.17, 15) is 33.6 Å². The highest BCUT2D eigenvalue weighted by molar-refractivity contribution is 6.38. The number of nitrogens with zero attached hydrogens (tertiary/aromatic N) is 2. The average molecular weight is 766 g/mol. The zero-order chi connectivity index (χ0) is 39.9. The number of urea groups is 1. The summed E-state index contributed by atoms with van der Waals surface area (Å²) in [6.07, 6.45) is 5.99. The van der Waals surface area contributed by atoms with Gasteiger partial charge in [0.25, 0.3) is 5.91 Å². The third kappa shape index (κ3) is 10.8. The molecule has 2 aliphatic heterocycles. The van der Waals surface area contributed by atoms with Crippen LogP contribution < -0.4 is 26.6 Å². The van der Waals surface area contributed by atoms with Crippen molar-refractivity contribution in [2.45, 2.75) is 141 Å². The van der Waals surface area contributed by atoms with Gasteiger partial charge in [-0.15, -0.1) is 0 Å². The quantitative estimate of drug-likeness (QED) is 0.189. The fourth-order valence-corrected chi connectivity index (χ4v) is 7.83. The number of benzene rings is 1. The van der Waals surface area contributed by atoms with Crippen LogP contribution in [0, 0.1) is 11.3 Å². The lowest BCUT2D eigenvalue weighted by atomic mass is 9.82. The SMILES string of the molecule is CCCC(NC(=O)N1C[C@@H](OC(=O)N2CCc3ccccc3C2)C[C@H]1C(=O)N[C@H](C(=O)N[C@H](C(=O)NC)C1CCCCC1)C(C)(C)C)C(=O)C(=O)NC1CC1. The van der Waals surface area contributed by atoms with Crippen molar-refractivity contribution >= 4 is 41.5 Å². The van der Waals surface area contributed by atoms with Crippen LogP contribution in [0.4, 0.5) is 9.59 Å². The number of likely N-dealkylation sites (tertiary alicyclic amines) is 1. The van der Waals surface area contributed by atoms with Crippen LogP contribution >= 0.6 is 0 Å². The van der Waals surface area contributed by atoms with Crippen molar-refractivity contribution in [3.8, 4) is 0 Å². The molecular weight excluding hydrogens is 706 g/mol. The van der Waals surface area contributed by atoms with Crippen molar-refractivity contribution in [3.63, 3.8) is 0 Å². The van der Waals surface area contributed by atoms with E-state index in [2.05, 4.69) is 26.6 Å². The number of carbonyl (C=O) groups excluding carboxylic acids is 7. The van der Waals surface area contributed by atoms with Gasteiger partial charge in [-0.25, -0.2) is 9.59 Å². The van der Waals surface area contributed by atoms with E-state index in [1.54, 1.807) is 25.7 Å². The molecule has 0 aromatic heterocycles. The molecule has 1 unspecified atom stereocenters. The normalized spacial score (nSPS) is 21.6. The first-order valence-corrected chi connectivity index (χ1v) is 20.0. The van der Waals surface area contributed by atoms with Gasteiger partial charge in [0, 0.05) is 32.6 Å². The highest BCUT2D eigenvalue weighted by Gasteiger charge is 2.46. The van der Waals surface area contributed by atoms with Crippen LogP contribution in [-0.2, 0) is 41.7 Å². The van der Waals surface area contributed by atoms with E-state index >= 15 is 0 Å². The van der Waals surface area contributed by atoms with Crippen LogP contribution in [0.1, 0.15) is 103 Å². The second-order valence-electron chi connectivity index (χ2n) is 16.6. The van der Waals surface area contributed by atoms with Crippen molar-refractivity contribution in [2.24, 2.45) is 11.3 Å². The summed E-state index contributed by atoms with van der Waals surface area (Å²) in [4.78, 5) is 97.4. The lowest BCUT2D eigenvalue weighted by Gasteiger charge is -2.35. The van der Waals surface area contributed by atoms with E-state index in [4.69, 9.17) is 4.74 Å². The van der Waals surface area contributed by atoms with Crippen molar-refractivity contribution in [3.05, 3.63) is 35.4 Å². The van der Waals surface area contributed by atoms with Gasteiger partial charge in [-0.05, 0) is 61.0 Å². The number of ether oxygens (including phenoxy) is 1. The maximum absolute atomic E-state index is 14.3. The van der Waals surface area contributed by atoms with Crippen molar-refractivity contribution < 1.29 is 38.3 Å². The first kappa shape index (κ1) is 41.5. The van der Waals surface area contributed by atoms with Crippen LogP contribution in [0.5, 0.6) is 0 Å². The summed E-state index contributed by atoms with van der Waals surface area (Å²) in [6.45, 7) is 7.85. The lowest BCUT2D eigenvalue weighted by Crippen LogP contribution is -2.61. The number of hydrogen-bond donors (Lipinski definition) is 5. The Balaban J connectivity index is 1.34. The van der Waals surface area contributed by atoms with Gasteiger partial charge < -0.3 is 41.1 Å².